The molecule has 0 saturated heterocycles. The summed E-state index contributed by atoms with van der Waals surface area (Å²) in [4.78, 5) is 2.21. The summed E-state index contributed by atoms with van der Waals surface area (Å²) < 4.78 is 0. The van der Waals surface area contributed by atoms with E-state index in [1.54, 1.807) is 0 Å². The van der Waals surface area contributed by atoms with E-state index in [1.807, 2.05) is 60.7 Å². The highest BCUT2D eigenvalue weighted by atomic mass is 15.1. The molecule has 4 aromatic carbocycles. The Bertz CT molecular complexity index is 1450. The van der Waals surface area contributed by atoms with Crippen LogP contribution in [0.4, 0.5) is 22.7 Å². The first kappa shape index (κ1) is 25.1. The largest absolute Gasteiger partial charge is 0.356 e. The van der Waals surface area contributed by atoms with Gasteiger partial charge in [0.25, 0.3) is 0 Å². The van der Waals surface area contributed by atoms with Crippen LogP contribution in [0.3, 0.4) is 0 Å². The minimum Gasteiger partial charge on any atom is -0.356 e. The molecule has 2 aliphatic rings. The Kier molecular flexibility index (Phi) is 7.70. The molecule has 6 rings (SSSR count). The van der Waals surface area contributed by atoms with E-state index < -0.39 is 0 Å². The number of benzene rings is 4. The molecular formula is C36H34N2. The van der Waals surface area contributed by atoms with Crippen molar-refractivity contribution in [2.45, 2.75) is 6.42 Å². The number of hydrogen-bond acceptors (Lipinski definition) is 2. The number of allylic oxidation sites excluding steroid dienone is 4. The number of fused-ring (bicyclic) bond motifs is 1. The standard InChI is InChI=1S/C20H19N.C16H15N/c1-21(19-5-3-2-4-6-19)20-11-9-15(10-12-20)16-7-8-17-14-18(17)13-16;1-3-13-10-11-16(12-14(13)4-2)17-15-8-6-5-7-9-15/h2-13,17-18H,14H2,1H3;3-12,17H,1-2H2. The van der Waals surface area contributed by atoms with E-state index in [0.717, 1.165) is 34.3 Å². The first-order valence-electron chi connectivity index (χ1n) is 13.1. The van der Waals surface area contributed by atoms with Gasteiger partial charge in [0.2, 0.25) is 0 Å². The third kappa shape index (κ3) is 6.04. The average molecular weight is 495 g/mol. The van der Waals surface area contributed by atoms with Crippen LogP contribution >= 0.6 is 0 Å². The molecule has 1 N–H and O–H groups in total. The molecule has 0 spiro atoms. The lowest BCUT2D eigenvalue weighted by Crippen LogP contribution is -2.08. The second kappa shape index (κ2) is 11.7. The van der Waals surface area contributed by atoms with E-state index in [0.29, 0.717) is 0 Å². The molecule has 0 radical (unpaired) electrons. The van der Waals surface area contributed by atoms with Gasteiger partial charge in [-0.1, -0.05) is 98.1 Å². The molecule has 4 aromatic rings. The van der Waals surface area contributed by atoms with Gasteiger partial charge in [-0.3, -0.25) is 0 Å². The fraction of sp³-hybridized carbons (Fsp3) is 0.111. The Morgan fingerprint density at radius 1 is 0.711 bits per heavy atom. The SMILES string of the molecule is C=Cc1ccc(Nc2ccccc2)cc1C=C.CN(c1ccccc1)c1ccc(C2=CC3CC3C=C2)cc1. The first-order chi connectivity index (χ1) is 18.6. The van der Waals surface area contributed by atoms with Crippen molar-refractivity contribution in [1.82, 2.24) is 0 Å². The van der Waals surface area contributed by atoms with Gasteiger partial charge in [-0.2, -0.15) is 0 Å². The molecule has 0 aliphatic heterocycles. The molecule has 1 saturated carbocycles. The van der Waals surface area contributed by atoms with Crippen LogP contribution in [0, 0.1) is 11.8 Å². The molecule has 0 heterocycles. The summed E-state index contributed by atoms with van der Waals surface area (Å²) in [5, 5.41) is 3.35. The maximum Gasteiger partial charge on any atom is 0.0408 e. The summed E-state index contributed by atoms with van der Waals surface area (Å²) in [6, 6.07) is 35.6. The van der Waals surface area contributed by atoms with Crippen LogP contribution in [0.2, 0.25) is 0 Å². The number of hydrogen-bond donors (Lipinski definition) is 1. The third-order valence-corrected chi connectivity index (χ3v) is 7.13. The lowest BCUT2D eigenvalue weighted by molar-refractivity contribution is 0.985. The summed E-state index contributed by atoms with van der Waals surface area (Å²) in [7, 11) is 2.11. The number of nitrogens with one attached hydrogen (secondary N) is 1. The Morgan fingerprint density at radius 2 is 1.37 bits per heavy atom. The maximum atomic E-state index is 3.81. The normalized spacial score (nSPS) is 16.7. The van der Waals surface area contributed by atoms with Crippen LogP contribution in [0.1, 0.15) is 23.1 Å². The van der Waals surface area contributed by atoms with Gasteiger partial charge in [0, 0.05) is 29.8 Å². The third-order valence-electron chi connectivity index (χ3n) is 7.13. The van der Waals surface area contributed by atoms with Crippen LogP contribution in [-0.4, -0.2) is 7.05 Å². The summed E-state index contributed by atoms with van der Waals surface area (Å²) in [6.45, 7) is 7.60. The highest BCUT2D eigenvalue weighted by molar-refractivity contribution is 5.77. The summed E-state index contributed by atoms with van der Waals surface area (Å²) in [5.74, 6) is 1.63. The van der Waals surface area contributed by atoms with E-state index in [-0.39, 0.29) is 0 Å². The molecule has 1 fully saturated rings. The highest BCUT2D eigenvalue weighted by Gasteiger charge is 2.34. The quantitative estimate of drug-likeness (QED) is 0.275. The molecule has 38 heavy (non-hydrogen) atoms. The fourth-order valence-corrected chi connectivity index (χ4v) is 4.74. The van der Waals surface area contributed by atoms with E-state index in [9.17, 15) is 0 Å². The topological polar surface area (TPSA) is 15.3 Å². The van der Waals surface area contributed by atoms with Crippen LogP contribution in [-0.2, 0) is 0 Å². The molecule has 2 atom stereocenters. The van der Waals surface area contributed by atoms with Gasteiger partial charge in [0.1, 0.15) is 0 Å². The number of anilines is 4. The number of nitrogens with zero attached hydrogens (tertiary/aromatic N) is 1. The lowest BCUT2D eigenvalue weighted by Gasteiger charge is -2.20. The number of para-hydroxylation sites is 2. The monoisotopic (exact) mass is 494 g/mol. The van der Waals surface area contributed by atoms with Crippen molar-refractivity contribution in [1.29, 1.82) is 0 Å². The zero-order valence-electron chi connectivity index (χ0n) is 21.9. The molecule has 2 aliphatic carbocycles. The van der Waals surface area contributed by atoms with Crippen molar-refractivity contribution < 1.29 is 0 Å². The molecule has 2 unspecified atom stereocenters. The average Bonchev–Trinajstić information content (AvgIpc) is 3.77. The van der Waals surface area contributed by atoms with Crippen LogP contribution < -0.4 is 10.2 Å². The van der Waals surface area contributed by atoms with E-state index in [4.69, 9.17) is 0 Å². The van der Waals surface area contributed by atoms with Gasteiger partial charge >= 0.3 is 0 Å². The van der Waals surface area contributed by atoms with Gasteiger partial charge < -0.3 is 10.2 Å². The summed E-state index contributed by atoms with van der Waals surface area (Å²) in [6.07, 6.45) is 12.1. The molecule has 2 heteroatoms. The predicted octanol–water partition coefficient (Wildman–Crippen LogP) is 9.76. The van der Waals surface area contributed by atoms with Crippen LogP contribution in [0.5, 0.6) is 0 Å². The Balaban J connectivity index is 0.000000159. The van der Waals surface area contributed by atoms with Crippen molar-refractivity contribution >= 4 is 40.5 Å². The second-order valence-electron chi connectivity index (χ2n) is 9.73. The zero-order chi connectivity index (χ0) is 26.3. The predicted molar refractivity (Wildman–Crippen MR) is 166 cm³/mol. The Labute approximate surface area is 227 Å². The van der Waals surface area contributed by atoms with Gasteiger partial charge in [-0.15, -0.1) is 0 Å². The molecular weight excluding hydrogens is 460 g/mol. The fourth-order valence-electron chi connectivity index (χ4n) is 4.74. The summed E-state index contributed by atoms with van der Waals surface area (Å²) in [5.41, 5.74) is 9.44. The van der Waals surface area contributed by atoms with Gasteiger partial charge in [-0.25, -0.2) is 0 Å². The second-order valence-corrected chi connectivity index (χ2v) is 9.73. The molecule has 0 bridgehead atoms. The maximum absolute atomic E-state index is 3.81. The van der Waals surface area contributed by atoms with Crippen molar-refractivity contribution in [2.24, 2.45) is 11.8 Å². The molecule has 188 valence electrons. The van der Waals surface area contributed by atoms with E-state index in [2.05, 4.69) is 103 Å². The van der Waals surface area contributed by atoms with Gasteiger partial charge in [0.15, 0.2) is 0 Å². The number of rotatable bonds is 7. The minimum absolute atomic E-state index is 0.802. The lowest BCUT2D eigenvalue weighted by atomic mass is 9.99. The first-order valence-corrected chi connectivity index (χ1v) is 13.1. The molecule has 0 amide bonds. The van der Waals surface area contributed by atoms with E-state index in [1.165, 1.54) is 28.9 Å². The molecule has 0 aromatic heterocycles. The van der Waals surface area contributed by atoms with Crippen LogP contribution in [0.15, 0.2) is 135 Å². The summed E-state index contributed by atoms with van der Waals surface area (Å²) >= 11 is 0. The van der Waals surface area contributed by atoms with Crippen molar-refractivity contribution in [3.63, 3.8) is 0 Å². The van der Waals surface area contributed by atoms with Gasteiger partial charge in [0.05, 0.1) is 0 Å². The Morgan fingerprint density at radius 3 is 2.03 bits per heavy atom. The highest BCUT2D eigenvalue weighted by Crippen LogP contribution is 2.46. The zero-order valence-corrected chi connectivity index (χ0v) is 21.9. The van der Waals surface area contributed by atoms with Crippen molar-refractivity contribution in [3.05, 3.63) is 151 Å². The smallest absolute Gasteiger partial charge is 0.0408 e. The van der Waals surface area contributed by atoms with Crippen molar-refractivity contribution in [2.75, 3.05) is 17.3 Å². The molecule has 2 nitrogen and oxygen atoms in total. The van der Waals surface area contributed by atoms with Crippen LogP contribution in [0.25, 0.3) is 17.7 Å². The van der Waals surface area contributed by atoms with Gasteiger partial charge in [-0.05, 0) is 89.1 Å². The Hall–Kier alpha value is -4.56. The minimum atomic E-state index is 0.802. The van der Waals surface area contributed by atoms with E-state index >= 15 is 0 Å². The van der Waals surface area contributed by atoms with Crippen molar-refractivity contribution in [3.8, 4) is 0 Å².